The van der Waals surface area contributed by atoms with Crippen LogP contribution < -0.4 is 5.11 Å². The SMILES string of the molecule is CC/C=C/C/C=C/C/C=C/CCCCCCCCCCCCCC(=O)OCC(COCCC(C(=O)[O-])[N+](C)(C)C)OC(=O)CCCCCCCCCCCCCCCCCC. The second-order valence-corrected chi connectivity index (χ2v) is 18.4. The average Bonchev–Trinajstić information content (AvgIpc) is 3.22. The van der Waals surface area contributed by atoms with Crippen molar-refractivity contribution < 1.29 is 38.2 Å². The number of likely N-dealkylation sites (N-methyl/N-ethyl adjacent to an activating group) is 1. The molecule has 0 saturated heterocycles. The van der Waals surface area contributed by atoms with E-state index in [0.717, 1.165) is 57.8 Å². The van der Waals surface area contributed by atoms with Crippen LogP contribution in [0.5, 0.6) is 0 Å². The fourth-order valence-electron chi connectivity index (χ4n) is 7.62. The molecule has 356 valence electrons. The molecule has 0 aliphatic rings. The van der Waals surface area contributed by atoms with Crippen molar-refractivity contribution >= 4 is 17.9 Å². The van der Waals surface area contributed by atoms with Gasteiger partial charge in [0.1, 0.15) is 12.6 Å². The molecule has 0 amide bonds. The molecule has 0 rings (SSSR count). The molecule has 0 aromatic carbocycles. The number of nitrogens with zero attached hydrogens (tertiary/aromatic N) is 1. The maximum Gasteiger partial charge on any atom is 0.306 e. The zero-order valence-electron chi connectivity index (χ0n) is 40.6. The fourth-order valence-corrected chi connectivity index (χ4v) is 7.62. The molecule has 0 aromatic heterocycles. The van der Waals surface area contributed by atoms with E-state index in [-0.39, 0.29) is 42.7 Å². The lowest BCUT2D eigenvalue weighted by Crippen LogP contribution is -2.55. The molecule has 0 bridgehead atoms. The summed E-state index contributed by atoms with van der Waals surface area (Å²) in [5.41, 5.74) is 0. The topological polar surface area (TPSA) is 102 Å². The Morgan fingerprint density at radius 1 is 0.508 bits per heavy atom. The molecule has 0 radical (unpaired) electrons. The van der Waals surface area contributed by atoms with Crippen LogP contribution in [0.25, 0.3) is 0 Å². The predicted molar refractivity (Wildman–Crippen MR) is 254 cm³/mol. The highest BCUT2D eigenvalue weighted by atomic mass is 16.6. The fraction of sp³-hybridized carbons (Fsp3) is 0.830. The second kappa shape index (κ2) is 44.2. The van der Waals surface area contributed by atoms with Gasteiger partial charge >= 0.3 is 11.9 Å². The Morgan fingerprint density at radius 2 is 0.918 bits per heavy atom. The highest BCUT2D eigenvalue weighted by Crippen LogP contribution is 2.16. The van der Waals surface area contributed by atoms with Crippen LogP contribution in [0.1, 0.15) is 232 Å². The van der Waals surface area contributed by atoms with Crippen LogP contribution in [0.3, 0.4) is 0 Å². The predicted octanol–water partition coefficient (Wildman–Crippen LogP) is 13.3. The lowest BCUT2D eigenvalue weighted by molar-refractivity contribution is -0.889. The summed E-state index contributed by atoms with van der Waals surface area (Å²) in [5, 5.41) is 11.7. The van der Waals surface area contributed by atoms with Crippen molar-refractivity contribution in [3.05, 3.63) is 36.5 Å². The molecule has 0 saturated carbocycles. The first-order valence-electron chi connectivity index (χ1n) is 25.5. The van der Waals surface area contributed by atoms with Gasteiger partial charge in [0.2, 0.25) is 0 Å². The Balaban J connectivity index is 4.21. The van der Waals surface area contributed by atoms with E-state index < -0.39 is 18.1 Å². The number of hydrogen-bond acceptors (Lipinski definition) is 7. The van der Waals surface area contributed by atoms with Crippen molar-refractivity contribution in [2.24, 2.45) is 0 Å². The molecule has 2 atom stereocenters. The first kappa shape index (κ1) is 58.6. The molecule has 8 heteroatoms. The molecule has 0 aromatic rings. The van der Waals surface area contributed by atoms with E-state index in [1.165, 1.54) is 141 Å². The summed E-state index contributed by atoms with van der Waals surface area (Å²) in [4.78, 5) is 37.0. The first-order chi connectivity index (χ1) is 29.6. The molecule has 0 heterocycles. The normalized spacial score (nSPS) is 13.1. The second-order valence-electron chi connectivity index (χ2n) is 18.4. The smallest absolute Gasteiger partial charge is 0.306 e. The van der Waals surface area contributed by atoms with Crippen LogP contribution in [0, 0.1) is 0 Å². The van der Waals surface area contributed by atoms with Gasteiger partial charge in [-0.1, -0.05) is 204 Å². The van der Waals surface area contributed by atoms with Gasteiger partial charge in [-0.15, -0.1) is 0 Å². The maximum absolute atomic E-state index is 12.8. The van der Waals surface area contributed by atoms with Crippen LogP contribution >= 0.6 is 0 Å². The zero-order chi connectivity index (χ0) is 44.9. The van der Waals surface area contributed by atoms with E-state index in [4.69, 9.17) is 14.2 Å². The van der Waals surface area contributed by atoms with Gasteiger partial charge in [-0.3, -0.25) is 9.59 Å². The van der Waals surface area contributed by atoms with Crippen LogP contribution in [-0.4, -0.2) is 75.5 Å². The van der Waals surface area contributed by atoms with Crippen molar-refractivity contribution in [2.45, 2.75) is 244 Å². The number of carboxylic acid groups (broad SMARTS) is 1. The van der Waals surface area contributed by atoms with Gasteiger partial charge in [-0.2, -0.15) is 0 Å². The van der Waals surface area contributed by atoms with E-state index in [2.05, 4.69) is 50.3 Å². The third kappa shape index (κ3) is 42.6. The number of hydrogen-bond donors (Lipinski definition) is 0. The number of unbranched alkanes of at least 4 members (excludes halogenated alkanes) is 26. The lowest BCUT2D eigenvalue weighted by atomic mass is 10.0. The number of carbonyl (C=O) groups is 3. The molecule has 61 heavy (non-hydrogen) atoms. The van der Waals surface area contributed by atoms with Gasteiger partial charge in [0, 0.05) is 19.3 Å². The molecule has 2 unspecified atom stereocenters. The van der Waals surface area contributed by atoms with Crippen LogP contribution in [-0.2, 0) is 28.6 Å². The van der Waals surface area contributed by atoms with E-state index in [1.807, 2.05) is 0 Å². The number of rotatable bonds is 46. The number of esters is 2. The lowest BCUT2D eigenvalue weighted by Gasteiger charge is -2.34. The van der Waals surface area contributed by atoms with Crippen LogP contribution in [0.4, 0.5) is 0 Å². The maximum atomic E-state index is 12.8. The summed E-state index contributed by atoms with van der Waals surface area (Å²) >= 11 is 0. The molecule has 0 aliphatic carbocycles. The standard InChI is InChI=1S/C53H97NO7/c1-6-8-10-12-14-16-18-20-22-24-25-26-27-28-30-31-33-35-37-39-41-43-51(55)60-48-49(47-59-46-45-50(53(57)58)54(3,4)5)61-52(56)44-42-40-38-36-34-32-29-23-21-19-17-15-13-11-9-7-2/h8,10,14,16,20,22,49-50H,6-7,9,11-13,15,17-19,21,23-48H2,1-5H3/b10-8+,16-14+,22-20+. The quantitative estimate of drug-likeness (QED) is 0.0260. The molecule has 0 fully saturated rings. The van der Waals surface area contributed by atoms with E-state index in [9.17, 15) is 19.5 Å². The minimum Gasteiger partial charge on any atom is -0.544 e. The molecular weight excluding hydrogens is 763 g/mol. The van der Waals surface area contributed by atoms with Crippen molar-refractivity contribution in [3.63, 3.8) is 0 Å². The van der Waals surface area contributed by atoms with Gasteiger partial charge in [-0.05, 0) is 44.9 Å². The largest absolute Gasteiger partial charge is 0.544 e. The van der Waals surface area contributed by atoms with E-state index in [1.54, 1.807) is 21.1 Å². The molecular formula is C53H97NO7. The minimum atomic E-state index is -1.12. The van der Waals surface area contributed by atoms with Crippen LogP contribution in [0.15, 0.2) is 36.5 Å². The number of aliphatic carboxylic acids is 1. The van der Waals surface area contributed by atoms with Crippen LogP contribution in [0.2, 0.25) is 0 Å². The Labute approximate surface area is 376 Å². The highest BCUT2D eigenvalue weighted by molar-refractivity contribution is 5.70. The monoisotopic (exact) mass is 860 g/mol. The van der Waals surface area contributed by atoms with E-state index >= 15 is 0 Å². The zero-order valence-corrected chi connectivity index (χ0v) is 40.6. The Bertz CT molecular complexity index is 1090. The molecule has 8 nitrogen and oxygen atoms in total. The minimum absolute atomic E-state index is 0.0437. The first-order valence-corrected chi connectivity index (χ1v) is 25.5. The summed E-state index contributed by atoms with van der Waals surface area (Å²) in [5.74, 6) is -1.72. The Kier molecular flexibility index (Phi) is 42.4. The molecule has 0 spiro atoms. The highest BCUT2D eigenvalue weighted by Gasteiger charge is 2.25. The molecule has 0 N–H and O–H groups in total. The van der Waals surface area contributed by atoms with Gasteiger partial charge in [-0.25, -0.2) is 0 Å². The Hall–Kier alpha value is -2.45. The number of allylic oxidation sites excluding steroid dienone is 6. The van der Waals surface area contributed by atoms with Gasteiger partial charge in [0.15, 0.2) is 6.10 Å². The third-order valence-corrected chi connectivity index (χ3v) is 11.5. The third-order valence-electron chi connectivity index (χ3n) is 11.5. The number of ether oxygens (including phenoxy) is 3. The van der Waals surface area contributed by atoms with Gasteiger partial charge in [0.05, 0.1) is 40.3 Å². The van der Waals surface area contributed by atoms with Crippen molar-refractivity contribution in [2.75, 3.05) is 41.0 Å². The summed E-state index contributed by atoms with van der Waals surface area (Å²) in [6, 6.07) is -0.724. The molecule has 0 aliphatic heterocycles. The van der Waals surface area contributed by atoms with Crippen molar-refractivity contribution in [1.82, 2.24) is 0 Å². The van der Waals surface area contributed by atoms with Crippen molar-refractivity contribution in [1.29, 1.82) is 0 Å². The Morgan fingerprint density at radius 3 is 1.36 bits per heavy atom. The summed E-state index contributed by atoms with van der Waals surface area (Å²) in [7, 11) is 5.42. The van der Waals surface area contributed by atoms with Crippen molar-refractivity contribution in [3.8, 4) is 0 Å². The summed E-state index contributed by atoms with van der Waals surface area (Å²) in [6.07, 6.45) is 51.7. The van der Waals surface area contributed by atoms with Gasteiger partial charge < -0.3 is 28.6 Å². The summed E-state index contributed by atoms with van der Waals surface area (Å²) in [6.45, 7) is 4.59. The van der Waals surface area contributed by atoms with Gasteiger partial charge in [0.25, 0.3) is 0 Å². The number of carboxylic acids is 1. The summed E-state index contributed by atoms with van der Waals surface area (Å²) < 4.78 is 17.3. The van der Waals surface area contributed by atoms with E-state index in [0.29, 0.717) is 12.8 Å². The number of quaternary nitrogens is 1. The number of carbonyl (C=O) groups excluding carboxylic acids is 3. The average molecular weight is 860 g/mol.